The molecule has 2 N–H and O–H groups in total. The predicted octanol–water partition coefficient (Wildman–Crippen LogP) is 2.40. The minimum atomic E-state index is -0.427. The average molecular weight is 403 g/mol. The minimum absolute atomic E-state index is 0.0370. The van der Waals surface area contributed by atoms with Gasteiger partial charge in [-0.2, -0.15) is 0 Å². The number of esters is 1. The third-order valence-electron chi connectivity index (χ3n) is 5.74. The van der Waals surface area contributed by atoms with Crippen molar-refractivity contribution >= 4 is 23.6 Å². The number of nitrogens with one attached hydrogen (secondary N) is 2. The summed E-state index contributed by atoms with van der Waals surface area (Å²) in [5, 5.41) is 5.72. The average Bonchev–Trinajstić information content (AvgIpc) is 3.28. The molecule has 2 fully saturated rings. The third kappa shape index (κ3) is 5.26. The van der Waals surface area contributed by atoms with Gasteiger partial charge in [-0.3, -0.25) is 4.79 Å². The van der Waals surface area contributed by atoms with Crippen LogP contribution < -0.4 is 10.6 Å². The first-order valence-electron chi connectivity index (χ1n) is 10.1. The fourth-order valence-electron chi connectivity index (χ4n) is 4.12. The van der Waals surface area contributed by atoms with E-state index < -0.39 is 5.97 Å². The van der Waals surface area contributed by atoms with Crippen molar-refractivity contribution in [3.05, 3.63) is 29.8 Å². The summed E-state index contributed by atoms with van der Waals surface area (Å²) in [6, 6.07) is 5.98. The topological polar surface area (TPSA) is 97.0 Å². The quantitative estimate of drug-likeness (QED) is 0.736. The van der Waals surface area contributed by atoms with E-state index in [-0.39, 0.29) is 30.0 Å². The molecule has 8 nitrogen and oxygen atoms in total. The van der Waals surface area contributed by atoms with Crippen LogP contribution >= 0.6 is 0 Å². The van der Waals surface area contributed by atoms with Gasteiger partial charge in [0.05, 0.1) is 24.8 Å². The first kappa shape index (κ1) is 21.1. The van der Waals surface area contributed by atoms with E-state index in [0.29, 0.717) is 24.1 Å². The molecule has 1 saturated carbocycles. The molecule has 0 aromatic heterocycles. The first-order chi connectivity index (χ1) is 14.0. The van der Waals surface area contributed by atoms with Crippen LogP contribution in [-0.2, 0) is 14.3 Å². The summed E-state index contributed by atoms with van der Waals surface area (Å²) in [5.74, 6) is -0.243. The van der Waals surface area contributed by atoms with E-state index in [9.17, 15) is 14.4 Å². The Labute approximate surface area is 170 Å². The second-order valence-electron chi connectivity index (χ2n) is 7.59. The number of amides is 3. The van der Waals surface area contributed by atoms with Gasteiger partial charge >= 0.3 is 12.0 Å². The number of rotatable bonds is 5. The van der Waals surface area contributed by atoms with Crippen LogP contribution in [0.25, 0.3) is 0 Å². The summed E-state index contributed by atoms with van der Waals surface area (Å²) >= 11 is 0. The molecule has 2 aliphatic rings. The molecule has 1 aliphatic carbocycles. The number of benzene rings is 1. The van der Waals surface area contributed by atoms with Gasteiger partial charge < -0.3 is 25.0 Å². The lowest BCUT2D eigenvalue weighted by Crippen LogP contribution is -2.51. The Morgan fingerprint density at radius 1 is 1.03 bits per heavy atom. The van der Waals surface area contributed by atoms with Gasteiger partial charge in [-0.1, -0.05) is 0 Å². The van der Waals surface area contributed by atoms with Crippen molar-refractivity contribution in [2.45, 2.75) is 44.2 Å². The van der Waals surface area contributed by atoms with Gasteiger partial charge in [0.1, 0.15) is 0 Å². The van der Waals surface area contributed by atoms with Crippen LogP contribution in [0.5, 0.6) is 0 Å². The maximum atomic E-state index is 12.7. The van der Waals surface area contributed by atoms with Crippen LogP contribution in [0, 0.1) is 5.92 Å². The van der Waals surface area contributed by atoms with Crippen molar-refractivity contribution in [2.75, 3.05) is 32.6 Å². The number of ether oxygens (including phenoxy) is 2. The van der Waals surface area contributed by atoms with E-state index in [0.717, 1.165) is 32.4 Å². The molecular formula is C21H29N3O5. The summed E-state index contributed by atoms with van der Waals surface area (Å²) in [6.45, 7) is 1.71. The molecule has 0 spiro atoms. The number of hydrogen-bond acceptors (Lipinski definition) is 5. The van der Waals surface area contributed by atoms with Gasteiger partial charge in [-0.05, 0) is 56.4 Å². The fraction of sp³-hybridized carbons (Fsp3) is 0.571. The Morgan fingerprint density at radius 2 is 1.72 bits per heavy atom. The van der Waals surface area contributed by atoms with E-state index in [1.165, 1.54) is 7.11 Å². The summed E-state index contributed by atoms with van der Waals surface area (Å²) in [6.07, 6.45) is 4.01. The molecule has 0 radical (unpaired) electrons. The second-order valence-corrected chi connectivity index (χ2v) is 7.59. The predicted molar refractivity (Wildman–Crippen MR) is 108 cm³/mol. The van der Waals surface area contributed by atoms with Crippen LogP contribution in [0.2, 0.25) is 0 Å². The standard InChI is InChI=1S/C21H29N3O5/c1-28-18-13-15(19(25)24-11-3-4-12-24)7-10-17(18)23-21(27)22-16-8-5-14(6-9-16)20(26)29-2/h5-6,8-9,15,17-18H,3-4,7,10-13H2,1-2H3,(H2,22,23,27)/t15-,17+,18+/m0/s1. The van der Waals surface area contributed by atoms with E-state index in [1.54, 1.807) is 31.4 Å². The first-order valence-corrected chi connectivity index (χ1v) is 10.1. The minimum Gasteiger partial charge on any atom is -0.465 e. The molecule has 1 heterocycles. The van der Waals surface area contributed by atoms with Gasteiger partial charge in [0, 0.05) is 31.8 Å². The number of carbonyl (C=O) groups is 3. The largest absolute Gasteiger partial charge is 0.465 e. The molecule has 3 amide bonds. The van der Waals surface area contributed by atoms with Crippen molar-refractivity contribution in [1.82, 2.24) is 10.2 Å². The third-order valence-corrected chi connectivity index (χ3v) is 5.74. The molecule has 0 bridgehead atoms. The Kier molecular flexibility index (Phi) is 7.09. The maximum Gasteiger partial charge on any atom is 0.337 e. The molecule has 1 aromatic carbocycles. The van der Waals surface area contributed by atoms with E-state index >= 15 is 0 Å². The number of nitrogens with zero attached hydrogens (tertiary/aromatic N) is 1. The lowest BCUT2D eigenvalue weighted by atomic mass is 9.83. The zero-order chi connectivity index (χ0) is 20.8. The summed E-state index contributed by atoms with van der Waals surface area (Å²) < 4.78 is 10.2. The lowest BCUT2D eigenvalue weighted by molar-refractivity contribution is -0.137. The van der Waals surface area contributed by atoms with E-state index in [4.69, 9.17) is 4.74 Å². The number of urea groups is 1. The highest BCUT2D eigenvalue weighted by Crippen LogP contribution is 2.29. The van der Waals surface area contributed by atoms with Crippen molar-refractivity contribution in [3.63, 3.8) is 0 Å². The van der Waals surface area contributed by atoms with Crippen LogP contribution in [-0.4, -0.2) is 62.3 Å². The van der Waals surface area contributed by atoms with Gasteiger partial charge in [-0.15, -0.1) is 0 Å². The fourth-order valence-corrected chi connectivity index (χ4v) is 4.12. The van der Waals surface area contributed by atoms with Gasteiger partial charge in [-0.25, -0.2) is 9.59 Å². The Balaban J connectivity index is 1.52. The Bertz CT molecular complexity index is 730. The van der Waals surface area contributed by atoms with Crippen LogP contribution in [0.1, 0.15) is 42.5 Å². The van der Waals surface area contributed by atoms with Gasteiger partial charge in [0.15, 0.2) is 0 Å². The number of methoxy groups -OCH3 is 2. The molecular weight excluding hydrogens is 374 g/mol. The monoisotopic (exact) mass is 403 g/mol. The molecule has 1 aliphatic heterocycles. The molecule has 3 atom stereocenters. The molecule has 8 heteroatoms. The normalized spacial score (nSPS) is 24.1. The Hall–Kier alpha value is -2.61. The van der Waals surface area contributed by atoms with E-state index in [1.807, 2.05) is 4.90 Å². The highest BCUT2D eigenvalue weighted by atomic mass is 16.5. The van der Waals surface area contributed by atoms with Crippen molar-refractivity contribution in [3.8, 4) is 0 Å². The molecule has 1 aromatic rings. The van der Waals surface area contributed by atoms with Crippen molar-refractivity contribution < 1.29 is 23.9 Å². The SMILES string of the molecule is COC(=O)c1ccc(NC(=O)N[C@@H]2CC[C@H](C(=O)N3CCCC3)C[C@H]2OC)cc1. The number of hydrogen-bond donors (Lipinski definition) is 2. The highest BCUT2D eigenvalue weighted by Gasteiger charge is 2.37. The summed E-state index contributed by atoms with van der Waals surface area (Å²) in [4.78, 5) is 38.5. The second kappa shape index (κ2) is 9.73. The van der Waals surface area contributed by atoms with Crippen molar-refractivity contribution in [2.24, 2.45) is 5.92 Å². The van der Waals surface area contributed by atoms with Gasteiger partial charge in [0.2, 0.25) is 5.91 Å². The van der Waals surface area contributed by atoms with Crippen LogP contribution in [0.3, 0.4) is 0 Å². The maximum absolute atomic E-state index is 12.7. The number of carbonyl (C=O) groups excluding carboxylic acids is 3. The molecule has 29 heavy (non-hydrogen) atoms. The van der Waals surface area contributed by atoms with Gasteiger partial charge in [0.25, 0.3) is 0 Å². The number of likely N-dealkylation sites (tertiary alicyclic amines) is 1. The van der Waals surface area contributed by atoms with E-state index in [2.05, 4.69) is 15.4 Å². The molecule has 3 rings (SSSR count). The molecule has 0 unspecified atom stereocenters. The van der Waals surface area contributed by atoms with Crippen LogP contribution in [0.4, 0.5) is 10.5 Å². The zero-order valence-electron chi connectivity index (χ0n) is 17.0. The highest BCUT2D eigenvalue weighted by molar-refractivity contribution is 5.92. The lowest BCUT2D eigenvalue weighted by Gasteiger charge is -2.36. The Morgan fingerprint density at radius 3 is 2.34 bits per heavy atom. The summed E-state index contributed by atoms with van der Waals surface area (Å²) in [5.41, 5.74) is 0.987. The number of anilines is 1. The zero-order valence-corrected chi connectivity index (χ0v) is 17.0. The molecule has 158 valence electrons. The van der Waals surface area contributed by atoms with Crippen LogP contribution in [0.15, 0.2) is 24.3 Å². The smallest absolute Gasteiger partial charge is 0.337 e. The van der Waals surface area contributed by atoms with Crippen molar-refractivity contribution in [1.29, 1.82) is 0 Å². The summed E-state index contributed by atoms with van der Waals surface area (Å²) in [7, 11) is 2.94. The molecule has 1 saturated heterocycles.